The lowest BCUT2D eigenvalue weighted by atomic mass is 9.86. The Balaban J connectivity index is 1.96. The van der Waals surface area contributed by atoms with Crippen LogP contribution >= 0.6 is 0 Å². The van der Waals surface area contributed by atoms with Gasteiger partial charge in [0.15, 0.2) is 0 Å². The van der Waals surface area contributed by atoms with Gasteiger partial charge in [-0.05, 0) is 13.5 Å². The zero-order valence-electron chi connectivity index (χ0n) is 10.7. The molecular weight excluding hydrogens is 220 g/mol. The summed E-state index contributed by atoms with van der Waals surface area (Å²) in [5.41, 5.74) is 0.208. The lowest BCUT2D eigenvalue weighted by molar-refractivity contribution is -0.0453. The third kappa shape index (κ3) is 3.17. The normalized spacial score (nSPS) is 35.3. The van der Waals surface area contributed by atoms with Gasteiger partial charge in [-0.1, -0.05) is 0 Å². The maximum Gasteiger partial charge on any atom is 0.0644 e. The molecule has 2 saturated heterocycles. The van der Waals surface area contributed by atoms with Gasteiger partial charge in [-0.15, -0.1) is 0 Å². The van der Waals surface area contributed by atoms with Crippen molar-refractivity contribution in [3.8, 4) is 0 Å². The van der Waals surface area contributed by atoms with Gasteiger partial charge in [0, 0.05) is 31.7 Å². The maximum atomic E-state index is 9.38. The van der Waals surface area contributed by atoms with Gasteiger partial charge < -0.3 is 19.9 Å². The molecule has 2 aliphatic heterocycles. The average molecular weight is 244 g/mol. The van der Waals surface area contributed by atoms with E-state index in [4.69, 9.17) is 9.47 Å². The van der Waals surface area contributed by atoms with Crippen LogP contribution in [0.15, 0.2) is 0 Å². The molecule has 2 atom stereocenters. The number of nitrogens with one attached hydrogen (secondary N) is 1. The van der Waals surface area contributed by atoms with Crippen LogP contribution in [-0.2, 0) is 9.47 Å². The number of hydrogen-bond donors (Lipinski definition) is 2. The Labute approximate surface area is 103 Å². The first-order chi connectivity index (χ1) is 8.29. The van der Waals surface area contributed by atoms with Gasteiger partial charge in [0.1, 0.15) is 0 Å². The largest absolute Gasteiger partial charge is 0.395 e. The molecule has 0 amide bonds. The van der Waals surface area contributed by atoms with E-state index >= 15 is 0 Å². The maximum absolute atomic E-state index is 9.38. The second kappa shape index (κ2) is 6.11. The Hall–Kier alpha value is -0.200. The first-order valence-corrected chi connectivity index (χ1v) is 6.45. The third-order valence-electron chi connectivity index (χ3n) is 3.84. The molecule has 2 fully saturated rings. The Morgan fingerprint density at radius 3 is 2.94 bits per heavy atom. The van der Waals surface area contributed by atoms with Crippen molar-refractivity contribution in [1.82, 2.24) is 10.2 Å². The topological polar surface area (TPSA) is 54.0 Å². The number of nitrogens with zero attached hydrogens (tertiary/aromatic N) is 1. The predicted octanol–water partition coefficient (Wildman–Crippen LogP) is -0.694. The summed E-state index contributed by atoms with van der Waals surface area (Å²) in [5.74, 6) is 0. The molecule has 0 aromatic heterocycles. The lowest BCUT2D eigenvalue weighted by Crippen LogP contribution is -2.53. The van der Waals surface area contributed by atoms with Crippen molar-refractivity contribution in [3.63, 3.8) is 0 Å². The van der Waals surface area contributed by atoms with E-state index in [1.807, 2.05) is 7.05 Å². The fourth-order valence-corrected chi connectivity index (χ4v) is 2.84. The molecule has 2 rings (SSSR count). The highest BCUT2D eigenvalue weighted by atomic mass is 16.5. The van der Waals surface area contributed by atoms with Crippen molar-refractivity contribution in [1.29, 1.82) is 0 Å². The first-order valence-electron chi connectivity index (χ1n) is 6.45. The van der Waals surface area contributed by atoms with Crippen molar-refractivity contribution in [2.24, 2.45) is 5.41 Å². The van der Waals surface area contributed by atoms with Gasteiger partial charge in [0.05, 0.1) is 32.5 Å². The predicted molar refractivity (Wildman–Crippen MR) is 65.1 cm³/mol. The van der Waals surface area contributed by atoms with E-state index in [0.717, 1.165) is 45.9 Å². The van der Waals surface area contributed by atoms with Crippen LogP contribution in [0.2, 0.25) is 0 Å². The van der Waals surface area contributed by atoms with E-state index in [2.05, 4.69) is 10.2 Å². The molecular formula is C12H24N2O3. The summed E-state index contributed by atoms with van der Waals surface area (Å²) in [7, 11) is 1.99. The fourth-order valence-electron chi connectivity index (χ4n) is 2.84. The second-order valence-electron chi connectivity index (χ2n) is 5.21. The first kappa shape index (κ1) is 13.2. The van der Waals surface area contributed by atoms with E-state index in [1.165, 1.54) is 0 Å². The molecule has 0 aromatic carbocycles. The minimum absolute atomic E-state index is 0.151. The third-order valence-corrected chi connectivity index (χ3v) is 3.84. The molecule has 0 bridgehead atoms. The van der Waals surface area contributed by atoms with Crippen LogP contribution in [0.1, 0.15) is 6.42 Å². The minimum Gasteiger partial charge on any atom is -0.395 e. The molecule has 2 N–H and O–H groups in total. The molecule has 0 spiro atoms. The summed E-state index contributed by atoms with van der Waals surface area (Å²) in [4.78, 5) is 2.36. The number of aliphatic hydroxyl groups excluding tert-OH is 1. The van der Waals surface area contributed by atoms with Gasteiger partial charge in [-0.3, -0.25) is 4.90 Å². The molecule has 17 heavy (non-hydrogen) atoms. The van der Waals surface area contributed by atoms with Crippen LogP contribution in [0.5, 0.6) is 0 Å². The molecule has 100 valence electrons. The summed E-state index contributed by atoms with van der Waals surface area (Å²) in [6.45, 7) is 6.15. The highest BCUT2D eigenvalue weighted by Crippen LogP contribution is 2.30. The molecule has 5 nitrogen and oxygen atoms in total. The zero-order chi connectivity index (χ0) is 12.1. The van der Waals surface area contributed by atoms with Crippen LogP contribution in [-0.4, -0.2) is 75.8 Å². The molecule has 5 heteroatoms. The van der Waals surface area contributed by atoms with Gasteiger partial charge in [0.25, 0.3) is 0 Å². The van der Waals surface area contributed by atoms with Crippen molar-refractivity contribution in [3.05, 3.63) is 0 Å². The molecule has 2 unspecified atom stereocenters. The molecule has 0 radical (unpaired) electrons. The number of morpholine rings is 1. The van der Waals surface area contributed by atoms with Gasteiger partial charge in [-0.25, -0.2) is 0 Å². The summed E-state index contributed by atoms with van der Waals surface area (Å²) >= 11 is 0. The van der Waals surface area contributed by atoms with Crippen LogP contribution in [0.25, 0.3) is 0 Å². The number of aliphatic hydroxyl groups is 1. The Morgan fingerprint density at radius 2 is 2.29 bits per heavy atom. The SMILES string of the molecule is CNCC1(CN2CCOCC2CO)CCOC1. The van der Waals surface area contributed by atoms with Crippen molar-refractivity contribution >= 4 is 0 Å². The molecule has 0 aliphatic carbocycles. The average Bonchev–Trinajstić information content (AvgIpc) is 2.79. The van der Waals surface area contributed by atoms with Gasteiger partial charge >= 0.3 is 0 Å². The summed E-state index contributed by atoms with van der Waals surface area (Å²) in [5, 5.41) is 12.7. The minimum atomic E-state index is 0.151. The molecule has 0 saturated carbocycles. The summed E-state index contributed by atoms with van der Waals surface area (Å²) in [6.07, 6.45) is 1.10. The number of ether oxygens (including phenoxy) is 2. The van der Waals surface area contributed by atoms with E-state index in [0.29, 0.717) is 6.61 Å². The quantitative estimate of drug-likeness (QED) is 0.670. The van der Waals surface area contributed by atoms with E-state index in [9.17, 15) is 5.11 Å². The molecule has 2 heterocycles. The second-order valence-corrected chi connectivity index (χ2v) is 5.21. The van der Waals surface area contributed by atoms with E-state index in [-0.39, 0.29) is 18.1 Å². The van der Waals surface area contributed by atoms with Gasteiger partial charge in [0.2, 0.25) is 0 Å². The highest BCUT2D eigenvalue weighted by molar-refractivity contribution is 4.90. The Bertz CT molecular complexity index is 232. The zero-order valence-corrected chi connectivity index (χ0v) is 10.7. The number of hydrogen-bond acceptors (Lipinski definition) is 5. The van der Waals surface area contributed by atoms with Crippen LogP contribution in [0.4, 0.5) is 0 Å². The van der Waals surface area contributed by atoms with Crippen LogP contribution in [0, 0.1) is 5.41 Å². The Kier molecular flexibility index (Phi) is 4.76. The van der Waals surface area contributed by atoms with Crippen molar-refractivity contribution in [2.75, 3.05) is 59.7 Å². The summed E-state index contributed by atoms with van der Waals surface area (Å²) in [6, 6.07) is 0.151. The van der Waals surface area contributed by atoms with Crippen molar-refractivity contribution in [2.45, 2.75) is 12.5 Å². The van der Waals surface area contributed by atoms with Crippen LogP contribution in [0.3, 0.4) is 0 Å². The molecule has 0 aromatic rings. The molecule has 2 aliphatic rings. The van der Waals surface area contributed by atoms with Crippen molar-refractivity contribution < 1.29 is 14.6 Å². The summed E-state index contributed by atoms with van der Waals surface area (Å²) < 4.78 is 11.0. The number of rotatable bonds is 5. The van der Waals surface area contributed by atoms with E-state index < -0.39 is 0 Å². The fraction of sp³-hybridized carbons (Fsp3) is 1.00. The lowest BCUT2D eigenvalue weighted by Gasteiger charge is -2.40. The van der Waals surface area contributed by atoms with Crippen LogP contribution < -0.4 is 5.32 Å². The smallest absolute Gasteiger partial charge is 0.0644 e. The van der Waals surface area contributed by atoms with E-state index in [1.54, 1.807) is 0 Å². The highest BCUT2D eigenvalue weighted by Gasteiger charge is 2.38. The standard InChI is InChI=1S/C12H24N2O3/c1-13-8-12(2-4-17-10-12)9-14-3-5-16-7-11(14)6-15/h11,13,15H,2-10H2,1H3. The van der Waals surface area contributed by atoms with Gasteiger partial charge in [-0.2, -0.15) is 0 Å². The Morgan fingerprint density at radius 1 is 1.41 bits per heavy atom. The monoisotopic (exact) mass is 244 g/mol.